The summed E-state index contributed by atoms with van der Waals surface area (Å²) in [5.74, 6) is 0. The van der Waals surface area contributed by atoms with E-state index in [0.29, 0.717) is 0 Å². The molecule has 0 amide bonds. The molecule has 0 fully saturated rings. The van der Waals surface area contributed by atoms with E-state index in [1.807, 2.05) is 0 Å². The highest BCUT2D eigenvalue weighted by atomic mass is 16.5. The first-order chi connectivity index (χ1) is 10.3. The summed E-state index contributed by atoms with van der Waals surface area (Å²) in [6.07, 6.45) is 13.4. The van der Waals surface area contributed by atoms with Gasteiger partial charge >= 0.3 is 0 Å². The predicted octanol–water partition coefficient (Wildman–Crippen LogP) is 4.72. The fraction of sp³-hybridized carbons (Fsp3) is 0.889. The molecule has 0 aromatic heterocycles. The Hall–Kier alpha value is -0.380. The Labute approximate surface area is 133 Å². The molecular formula is C18H40O3. The van der Waals surface area contributed by atoms with E-state index in [2.05, 4.69) is 27.0 Å². The van der Waals surface area contributed by atoms with Crippen molar-refractivity contribution in [2.75, 3.05) is 26.4 Å². The van der Waals surface area contributed by atoms with E-state index >= 15 is 0 Å². The van der Waals surface area contributed by atoms with Crippen LogP contribution in [0.1, 0.15) is 78.1 Å². The summed E-state index contributed by atoms with van der Waals surface area (Å²) in [6, 6.07) is 0. The fourth-order valence-corrected chi connectivity index (χ4v) is 1.72. The zero-order valence-electron chi connectivity index (χ0n) is 14.6. The molecule has 0 aliphatic carbocycles. The Morgan fingerprint density at radius 3 is 1.24 bits per heavy atom. The van der Waals surface area contributed by atoms with Crippen LogP contribution in [0.5, 0.6) is 0 Å². The second-order valence-corrected chi connectivity index (χ2v) is 4.89. The van der Waals surface area contributed by atoms with Crippen LogP contribution < -0.4 is 0 Å². The normalized spacial score (nSPS) is 9.33. The minimum absolute atomic E-state index is 0.125. The summed E-state index contributed by atoms with van der Waals surface area (Å²) in [5.41, 5.74) is 0. The lowest BCUT2D eigenvalue weighted by atomic mass is 10.1. The summed E-state index contributed by atoms with van der Waals surface area (Å²) in [6.45, 7) is 12.2. The molecule has 0 aliphatic rings. The molecule has 21 heavy (non-hydrogen) atoms. The van der Waals surface area contributed by atoms with Crippen LogP contribution in [-0.4, -0.2) is 36.6 Å². The molecule has 2 N–H and O–H groups in total. The first-order valence-electron chi connectivity index (χ1n) is 8.62. The maximum atomic E-state index is 7.62. The van der Waals surface area contributed by atoms with Crippen molar-refractivity contribution in [2.45, 2.75) is 78.1 Å². The highest BCUT2D eigenvalue weighted by Gasteiger charge is 1.91. The topological polar surface area (TPSA) is 49.7 Å². The van der Waals surface area contributed by atoms with E-state index < -0.39 is 0 Å². The molecule has 0 bridgehead atoms. The van der Waals surface area contributed by atoms with Crippen molar-refractivity contribution < 1.29 is 14.9 Å². The monoisotopic (exact) mass is 304 g/mol. The van der Waals surface area contributed by atoms with Crippen LogP contribution >= 0.6 is 0 Å². The standard InChI is InChI=1S/C14H30O.C2H6O2.C2H4/c1-3-5-7-9-11-13-15-14-12-10-8-6-4-2;3-1-2-4;1-2/h3-14H2,1-2H3;3-4H,1-2H2;1-2H2. The average Bonchev–Trinajstić information content (AvgIpc) is 2.55. The van der Waals surface area contributed by atoms with E-state index in [1.54, 1.807) is 0 Å². The van der Waals surface area contributed by atoms with Crippen molar-refractivity contribution >= 4 is 0 Å². The number of ether oxygens (including phenoxy) is 1. The van der Waals surface area contributed by atoms with Crippen LogP contribution in [0.3, 0.4) is 0 Å². The summed E-state index contributed by atoms with van der Waals surface area (Å²) < 4.78 is 5.59. The van der Waals surface area contributed by atoms with Gasteiger partial charge in [0.05, 0.1) is 13.2 Å². The number of unbranched alkanes of at least 4 members (excludes halogenated alkanes) is 8. The van der Waals surface area contributed by atoms with Gasteiger partial charge in [0.15, 0.2) is 0 Å². The Kier molecular flexibility index (Phi) is 38.7. The van der Waals surface area contributed by atoms with Gasteiger partial charge in [0.1, 0.15) is 0 Å². The molecule has 0 aromatic carbocycles. The predicted molar refractivity (Wildman–Crippen MR) is 93.8 cm³/mol. The molecule has 0 spiro atoms. The van der Waals surface area contributed by atoms with Gasteiger partial charge in [-0.1, -0.05) is 65.2 Å². The van der Waals surface area contributed by atoms with Crippen LogP contribution in [0.15, 0.2) is 13.2 Å². The molecule has 0 atom stereocenters. The first-order valence-corrected chi connectivity index (χ1v) is 8.62. The first kappa shape index (κ1) is 25.6. The minimum atomic E-state index is -0.125. The third-order valence-corrected chi connectivity index (χ3v) is 2.88. The van der Waals surface area contributed by atoms with Gasteiger partial charge in [-0.2, -0.15) is 0 Å². The molecule has 0 unspecified atom stereocenters. The van der Waals surface area contributed by atoms with E-state index in [4.69, 9.17) is 14.9 Å². The molecule has 0 rings (SSSR count). The zero-order valence-corrected chi connectivity index (χ0v) is 14.6. The largest absolute Gasteiger partial charge is 0.394 e. The third kappa shape index (κ3) is 38.2. The van der Waals surface area contributed by atoms with Crippen molar-refractivity contribution in [1.29, 1.82) is 0 Å². The molecule has 3 nitrogen and oxygen atoms in total. The third-order valence-electron chi connectivity index (χ3n) is 2.88. The van der Waals surface area contributed by atoms with Crippen molar-refractivity contribution in [2.24, 2.45) is 0 Å². The highest BCUT2D eigenvalue weighted by molar-refractivity contribution is 4.44. The molecule has 0 saturated heterocycles. The fourth-order valence-electron chi connectivity index (χ4n) is 1.72. The van der Waals surface area contributed by atoms with Crippen molar-refractivity contribution in [3.63, 3.8) is 0 Å². The molecule has 0 saturated carbocycles. The van der Waals surface area contributed by atoms with Gasteiger partial charge in [-0.3, -0.25) is 0 Å². The lowest BCUT2D eigenvalue weighted by molar-refractivity contribution is 0.125. The zero-order chi connectivity index (χ0) is 16.6. The quantitative estimate of drug-likeness (QED) is 0.382. The van der Waals surface area contributed by atoms with Gasteiger partial charge in [0.2, 0.25) is 0 Å². The number of hydrogen-bond donors (Lipinski definition) is 2. The van der Waals surface area contributed by atoms with Gasteiger partial charge < -0.3 is 14.9 Å². The lowest BCUT2D eigenvalue weighted by Gasteiger charge is -2.03. The molecule has 0 aliphatic heterocycles. The molecule has 0 heterocycles. The Morgan fingerprint density at radius 1 is 0.619 bits per heavy atom. The van der Waals surface area contributed by atoms with Crippen LogP contribution in [0, 0.1) is 0 Å². The van der Waals surface area contributed by atoms with Crippen LogP contribution in [0.2, 0.25) is 0 Å². The van der Waals surface area contributed by atoms with Crippen molar-refractivity contribution in [3.8, 4) is 0 Å². The van der Waals surface area contributed by atoms with Crippen molar-refractivity contribution in [3.05, 3.63) is 13.2 Å². The summed E-state index contributed by atoms with van der Waals surface area (Å²) in [4.78, 5) is 0. The van der Waals surface area contributed by atoms with Gasteiger partial charge in [-0.15, -0.1) is 13.2 Å². The summed E-state index contributed by atoms with van der Waals surface area (Å²) in [5, 5.41) is 15.2. The highest BCUT2D eigenvalue weighted by Crippen LogP contribution is 2.04. The average molecular weight is 305 g/mol. The Morgan fingerprint density at radius 2 is 0.952 bits per heavy atom. The Bertz CT molecular complexity index is 126. The van der Waals surface area contributed by atoms with Crippen LogP contribution in [0.25, 0.3) is 0 Å². The number of aliphatic hydroxyl groups excluding tert-OH is 2. The minimum Gasteiger partial charge on any atom is -0.394 e. The van der Waals surface area contributed by atoms with Crippen LogP contribution in [0.4, 0.5) is 0 Å². The summed E-state index contributed by atoms with van der Waals surface area (Å²) >= 11 is 0. The van der Waals surface area contributed by atoms with E-state index in [-0.39, 0.29) is 13.2 Å². The molecular weight excluding hydrogens is 264 g/mol. The molecule has 130 valence electrons. The molecule has 3 heteroatoms. The Balaban J connectivity index is -0.000000461. The second-order valence-electron chi connectivity index (χ2n) is 4.89. The van der Waals surface area contributed by atoms with Gasteiger partial charge in [-0.05, 0) is 12.8 Å². The van der Waals surface area contributed by atoms with E-state index in [9.17, 15) is 0 Å². The molecule has 0 radical (unpaired) electrons. The van der Waals surface area contributed by atoms with Crippen molar-refractivity contribution in [1.82, 2.24) is 0 Å². The number of aliphatic hydroxyl groups is 2. The van der Waals surface area contributed by atoms with Gasteiger partial charge in [0, 0.05) is 13.2 Å². The van der Waals surface area contributed by atoms with E-state index in [0.717, 1.165) is 13.2 Å². The van der Waals surface area contributed by atoms with Crippen LogP contribution in [-0.2, 0) is 4.74 Å². The van der Waals surface area contributed by atoms with Gasteiger partial charge in [0.25, 0.3) is 0 Å². The maximum absolute atomic E-state index is 7.62. The lowest BCUT2D eigenvalue weighted by Crippen LogP contribution is -1.97. The second kappa shape index (κ2) is 31.8. The maximum Gasteiger partial charge on any atom is 0.0662 e. The summed E-state index contributed by atoms with van der Waals surface area (Å²) in [7, 11) is 0. The molecule has 0 aromatic rings. The number of rotatable bonds is 13. The SMILES string of the molecule is C=C.CCCCCCCOCCCCCCC.OCCO. The number of hydrogen-bond acceptors (Lipinski definition) is 3. The van der Waals surface area contributed by atoms with E-state index in [1.165, 1.54) is 64.2 Å². The smallest absolute Gasteiger partial charge is 0.0662 e. The van der Waals surface area contributed by atoms with Gasteiger partial charge in [-0.25, -0.2) is 0 Å².